The first-order valence-corrected chi connectivity index (χ1v) is 10.2. The summed E-state index contributed by atoms with van der Waals surface area (Å²) in [6.07, 6.45) is 4.84. The van der Waals surface area contributed by atoms with Gasteiger partial charge < -0.3 is 10.1 Å². The van der Waals surface area contributed by atoms with Crippen LogP contribution < -0.4 is 5.32 Å². The second-order valence-electron chi connectivity index (χ2n) is 7.06. The monoisotopic (exact) mass is 371 g/mol. The lowest BCUT2D eigenvalue weighted by Crippen LogP contribution is -2.36. The van der Waals surface area contributed by atoms with Crippen molar-refractivity contribution in [1.29, 1.82) is 0 Å². The molecule has 26 heavy (non-hydrogen) atoms. The van der Waals surface area contributed by atoms with E-state index >= 15 is 0 Å². The van der Waals surface area contributed by atoms with Gasteiger partial charge in [0.25, 0.3) is 5.91 Å². The summed E-state index contributed by atoms with van der Waals surface area (Å²) in [5.74, 6) is 0.0586. The van der Waals surface area contributed by atoms with Crippen molar-refractivity contribution in [2.75, 3.05) is 19.8 Å². The lowest BCUT2D eigenvalue weighted by molar-refractivity contribution is 0.0928. The van der Waals surface area contributed by atoms with Crippen LogP contribution in [0.25, 0.3) is 0 Å². The van der Waals surface area contributed by atoms with E-state index in [2.05, 4.69) is 34.3 Å². The highest BCUT2D eigenvalue weighted by Gasteiger charge is 2.26. The molecule has 2 aromatic heterocycles. The Bertz CT molecular complexity index is 766. The number of carbonyl (C=O) groups excluding carboxylic acids is 1. The summed E-state index contributed by atoms with van der Waals surface area (Å²) in [5, 5.41) is 5.13. The summed E-state index contributed by atoms with van der Waals surface area (Å²) < 4.78 is 5.35. The summed E-state index contributed by atoms with van der Waals surface area (Å²) in [6.45, 7) is 6.25. The molecule has 0 aromatic carbocycles. The average Bonchev–Trinajstić information content (AvgIpc) is 3.31. The van der Waals surface area contributed by atoms with E-state index in [1.807, 2.05) is 11.6 Å². The maximum atomic E-state index is 12.6. The number of hydrogen-bond donors (Lipinski definition) is 1. The van der Waals surface area contributed by atoms with Crippen molar-refractivity contribution in [1.82, 2.24) is 15.2 Å². The number of carbonyl (C=O) groups is 1. The number of hydrogen-bond acceptors (Lipinski definition) is 5. The number of ether oxygens (including phenoxy) is 1. The minimum absolute atomic E-state index is 0.0586. The Morgan fingerprint density at radius 1 is 1.46 bits per heavy atom. The quantitative estimate of drug-likeness (QED) is 0.878. The summed E-state index contributed by atoms with van der Waals surface area (Å²) in [5.41, 5.74) is 4.48. The zero-order chi connectivity index (χ0) is 17.9. The number of fused-ring (bicyclic) bond motifs is 1. The van der Waals surface area contributed by atoms with E-state index in [1.54, 1.807) is 11.3 Å². The van der Waals surface area contributed by atoms with E-state index in [9.17, 15) is 4.79 Å². The van der Waals surface area contributed by atoms with E-state index in [0.717, 1.165) is 56.8 Å². The Balaban J connectivity index is 1.39. The number of nitrogens with zero attached hydrogens (tertiary/aromatic N) is 2. The summed E-state index contributed by atoms with van der Waals surface area (Å²) >= 11 is 1.70. The maximum Gasteiger partial charge on any atom is 0.252 e. The molecule has 1 amide bonds. The smallest absolute Gasteiger partial charge is 0.252 e. The second-order valence-corrected chi connectivity index (χ2v) is 8.02. The molecule has 0 aliphatic carbocycles. The van der Waals surface area contributed by atoms with Gasteiger partial charge in [0.1, 0.15) is 0 Å². The van der Waals surface area contributed by atoms with Crippen LogP contribution in [0.3, 0.4) is 0 Å². The molecule has 0 spiro atoms. The van der Waals surface area contributed by atoms with Crippen LogP contribution in [0.1, 0.15) is 45.4 Å². The van der Waals surface area contributed by atoms with Crippen LogP contribution >= 0.6 is 11.3 Å². The Kier molecular flexibility index (Phi) is 5.33. The molecule has 1 N–H and O–H groups in total. The lowest BCUT2D eigenvalue weighted by atomic mass is 10.0. The van der Waals surface area contributed by atoms with Crippen molar-refractivity contribution in [3.05, 3.63) is 51.0 Å². The van der Waals surface area contributed by atoms with Gasteiger partial charge in [-0.25, -0.2) is 0 Å². The van der Waals surface area contributed by atoms with Gasteiger partial charge in [-0.05, 0) is 36.5 Å². The third-order valence-corrected chi connectivity index (χ3v) is 6.23. The van der Waals surface area contributed by atoms with Gasteiger partial charge >= 0.3 is 0 Å². The largest absolute Gasteiger partial charge is 0.379 e. The number of aryl methyl sites for hydroxylation is 1. The van der Waals surface area contributed by atoms with Crippen molar-refractivity contribution in [3.63, 3.8) is 0 Å². The fourth-order valence-corrected chi connectivity index (χ4v) is 4.73. The molecule has 6 heteroatoms. The van der Waals surface area contributed by atoms with Crippen LogP contribution in [0, 0.1) is 0 Å². The molecule has 0 bridgehead atoms. The number of pyridine rings is 1. The van der Waals surface area contributed by atoms with E-state index in [-0.39, 0.29) is 11.9 Å². The van der Waals surface area contributed by atoms with E-state index in [4.69, 9.17) is 4.74 Å². The van der Waals surface area contributed by atoms with Crippen molar-refractivity contribution >= 4 is 17.2 Å². The normalized spacial score (nSPS) is 20.1. The Hall–Kier alpha value is -1.76. The topological polar surface area (TPSA) is 54.5 Å². The molecule has 0 saturated carbocycles. The Labute approximate surface area is 158 Å². The van der Waals surface area contributed by atoms with Gasteiger partial charge in [0.15, 0.2) is 0 Å². The van der Waals surface area contributed by atoms with Gasteiger partial charge in [0.2, 0.25) is 0 Å². The first-order valence-electron chi connectivity index (χ1n) is 9.37. The predicted molar refractivity (Wildman–Crippen MR) is 102 cm³/mol. The molecule has 0 radical (unpaired) electrons. The predicted octanol–water partition coefficient (Wildman–Crippen LogP) is 2.78. The van der Waals surface area contributed by atoms with Gasteiger partial charge in [-0.3, -0.25) is 14.7 Å². The summed E-state index contributed by atoms with van der Waals surface area (Å²) in [4.78, 5) is 20.9. The van der Waals surface area contributed by atoms with Crippen LogP contribution in [0.4, 0.5) is 0 Å². The highest BCUT2D eigenvalue weighted by atomic mass is 32.1. The molecule has 138 valence electrons. The van der Waals surface area contributed by atoms with Gasteiger partial charge in [-0.1, -0.05) is 13.0 Å². The molecule has 5 nitrogen and oxygen atoms in total. The molecule has 4 heterocycles. The van der Waals surface area contributed by atoms with Crippen LogP contribution in [-0.4, -0.2) is 41.6 Å². The number of amides is 1. The minimum atomic E-state index is 0.0586. The summed E-state index contributed by atoms with van der Waals surface area (Å²) in [7, 11) is 0. The Morgan fingerprint density at radius 3 is 3.12 bits per heavy atom. The highest BCUT2D eigenvalue weighted by molar-refractivity contribution is 7.10. The average molecular weight is 372 g/mol. The molecular formula is C20H25N3O2S. The molecule has 2 aliphatic heterocycles. The van der Waals surface area contributed by atoms with Crippen molar-refractivity contribution in [3.8, 4) is 0 Å². The molecular weight excluding hydrogens is 346 g/mol. The number of aromatic nitrogens is 1. The van der Waals surface area contributed by atoms with Crippen molar-refractivity contribution in [2.24, 2.45) is 0 Å². The van der Waals surface area contributed by atoms with Gasteiger partial charge in [-0.2, -0.15) is 0 Å². The Morgan fingerprint density at radius 2 is 2.38 bits per heavy atom. The third-order valence-electron chi connectivity index (χ3n) is 5.22. The maximum absolute atomic E-state index is 12.6. The van der Waals surface area contributed by atoms with Gasteiger partial charge in [-0.15, -0.1) is 11.3 Å². The number of rotatable bonds is 5. The molecule has 2 aliphatic rings. The van der Waals surface area contributed by atoms with Gasteiger partial charge in [0.05, 0.1) is 23.9 Å². The van der Waals surface area contributed by atoms with Gasteiger partial charge in [0, 0.05) is 42.7 Å². The highest BCUT2D eigenvalue weighted by Crippen LogP contribution is 2.29. The molecule has 2 aromatic rings. The lowest BCUT2D eigenvalue weighted by Gasteiger charge is -2.27. The number of nitrogens with one attached hydrogen (secondary N) is 1. The van der Waals surface area contributed by atoms with Crippen LogP contribution in [0.5, 0.6) is 0 Å². The van der Waals surface area contributed by atoms with Crippen LogP contribution in [0.2, 0.25) is 0 Å². The summed E-state index contributed by atoms with van der Waals surface area (Å²) in [6, 6.07) is 4.46. The second kappa shape index (κ2) is 7.86. The number of thiophene rings is 1. The zero-order valence-corrected chi connectivity index (χ0v) is 16.0. The third kappa shape index (κ3) is 3.82. The molecule has 1 saturated heterocycles. The zero-order valence-electron chi connectivity index (χ0n) is 15.2. The first-order chi connectivity index (χ1) is 12.7. The van der Waals surface area contributed by atoms with E-state index < -0.39 is 0 Å². The van der Waals surface area contributed by atoms with Crippen LogP contribution in [-0.2, 0) is 30.7 Å². The first kappa shape index (κ1) is 17.6. The fraction of sp³-hybridized carbons (Fsp3) is 0.500. The van der Waals surface area contributed by atoms with E-state index in [0.29, 0.717) is 6.61 Å². The SMILES string of the molecule is CCc1ccc(CN2CCc3c(C(=O)N[C@H]4CCOC4)csc3C2)nc1. The van der Waals surface area contributed by atoms with Crippen molar-refractivity contribution in [2.45, 2.75) is 45.3 Å². The van der Waals surface area contributed by atoms with Crippen molar-refractivity contribution < 1.29 is 9.53 Å². The molecule has 0 unspecified atom stereocenters. The molecule has 4 rings (SSSR count). The minimum Gasteiger partial charge on any atom is -0.379 e. The van der Waals surface area contributed by atoms with E-state index in [1.165, 1.54) is 16.0 Å². The van der Waals surface area contributed by atoms with Crippen LogP contribution in [0.15, 0.2) is 23.7 Å². The molecule has 1 atom stereocenters. The standard InChI is InChI=1S/C20H25N3O2S/c1-2-14-3-4-15(21-9-14)10-23-7-5-17-18(13-26-19(17)11-23)20(24)22-16-6-8-25-12-16/h3-4,9,13,16H,2,5-8,10-12H2,1H3,(H,22,24)/t16-/m0/s1. The molecule has 1 fully saturated rings. The fourth-order valence-electron chi connectivity index (χ4n) is 3.61.